The maximum Gasteiger partial charge on any atom is 0.284 e. The van der Waals surface area contributed by atoms with Crippen LogP contribution in [0.25, 0.3) is 16.9 Å². The summed E-state index contributed by atoms with van der Waals surface area (Å²) in [6.07, 6.45) is 1.38. The highest BCUT2D eigenvalue weighted by atomic mass is 19.1. The van der Waals surface area contributed by atoms with Gasteiger partial charge in [-0.05, 0) is 24.6 Å². The third-order valence-corrected chi connectivity index (χ3v) is 4.23. The Bertz CT molecular complexity index is 1150. The fourth-order valence-electron chi connectivity index (χ4n) is 2.81. The summed E-state index contributed by atoms with van der Waals surface area (Å²) in [5.41, 5.74) is 0.638. The molecule has 2 aromatic heterocycles. The molecule has 0 bridgehead atoms. The lowest BCUT2D eigenvalue weighted by Gasteiger charge is -2.14. The van der Waals surface area contributed by atoms with E-state index in [-0.39, 0.29) is 28.5 Å². The summed E-state index contributed by atoms with van der Waals surface area (Å²) in [6.45, 7) is 1.87. The number of rotatable bonds is 3. The average molecular weight is 353 g/mol. The van der Waals surface area contributed by atoms with Gasteiger partial charge in [-0.2, -0.15) is 4.68 Å². The molecule has 0 fully saturated rings. The van der Waals surface area contributed by atoms with Crippen molar-refractivity contribution in [1.82, 2.24) is 24.5 Å². The van der Waals surface area contributed by atoms with E-state index in [4.69, 9.17) is 0 Å². The Hall–Kier alpha value is -3.42. The molecule has 130 valence electrons. The molecule has 8 heteroatoms. The zero-order valence-electron chi connectivity index (χ0n) is 13.7. The van der Waals surface area contributed by atoms with Crippen molar-refractivity contribution in [3.05, 3.63) is 82.4 Å². The average Bonchev–Trinajstić information content (AvgIpc) is 3.07. The van der Waals surface area contributed by atoms with E-state index in [1.165, 1.54) is 17.0 Å². The van der Waals surface area contributed by atoms with Gasteiger partial charge in [-0.15, -0.1) is 5.10 Å². The molecule has 0 aliphatic heterocycles. The number of halogens is 2. The zero-order valence-corrected chi connectivity index (χ0v) is 13.7. The summed E-state index contributed by atoms with van der Waals surface area (Å²) in [6, 6.07) is 12.3. The predicted octanol–water partition coefficient (Wildman–Crippen LogP) is 2.86. The van der Waals surface area contributed by atoms with Gasteiger partial charge in [0.25, 0.3) is 5.56 Å². The second-order valence-corrected chi connectivity index (χ2v) is 5.81. The van der Waals surface area contributed by atoms with Crippen LogP contribution in [0.3, 0.4) is 0 Å². The molecule has 0 radical (unpaired) electrons. The molecule has 0 amide bonds. The largest absolute Gasteiger partial charge is 0.290 e. The molecule has 0 aliphatic rings. The molecule has 0 unspecified atom stereocenters. The van der Waals surface area contributed by atoms with Gasteiger partial charge in [-0.25, -0.2) is 13.8 Å². The maximum absolute atomic E-state index is 14.0. The first-order valence-electron chi connectivity index (χ1n) is 7.89. The van der Waals surface area contributed by atoms with Crippen molar-refractivity contribution in [2.24, 2.45) is 0 Å². The van der Waals surface area contributed by atoms with Crippen LogP contribution < -0.4 is 5.56 Å². The fraction of sp³-hybridized carbons (Fsp3) is 0.111. The standard InChI is InChI=1S/C18H13F2N5O/c1-11(12-5-3-2-4-6-12)24-10-21-17-16(18(24)26)22-23-25(17)15-8-7-13(19)9-14(15)20/h2-11H,1H3/t11-/m1/s1. The van der Waals surface area contributed by atoms with Crippen LogP contribution in [0.4, 0.5) is 8.78 Å². The highest BCUT2D eigenvalue weighted by Crippen LogP contribution is 2.19. The minimum atomic E-state index is -0.819. The van der Waals surface area contributed by atoms with Crippen molar-refractivity contribution in [3.63, 3.8) is 0 Å². The SMILES string of the molecule is C[C@H](c1ccccc1)n1cnc2c(nnn2-c2ccc(F)cc2F)c1=O. The van der Waals surface area contributed by atoms with Crippen molar-refractivity contribution >= 4 is 11.2 Å². The molecule has 4 aromatic rings. The molecule has 26 heavy (non-hydrogen) atoms. The van der Waals surface area contributed by atoms with Crippen LogP contribution in [-0.4, -0.2) is 24.5 Å². The molecule has 2 aromatic carbocycles. The Labute approximate surface area is 146 Å². The second-order valence-electron chi connectivity index (χ2n) is 5.81. The van der Waals surface area contributed by atoms with E-state index in [1.54, 1.807) is 0 Å². The lowest BCUT2D eigenvalue weighted by Crippen LogP contribution is -2.24. The van der Waals surface area contributed by atoms with Gasteiger partial charge in [0.15, 0.2) is 17.0 Å². The molecule has 0 saturated heterocycles. The van der Waals surface area contributed by atoms with Crippen molar-refractivity contribution in [2.45, 2.75) is 13.0 Å². The fourth-order valence-corrected chi connectivity index (χ4v) is 2.81. The highest BCUT2D eigenvalue weighted by Gasteiger charge is 2.18. The Kier molecular flexibility index (Phi) is 3.80. The first-order valence-corrected chi connectivity index (χ1v) is 7.89. The van der Waals surface area contributed by atoms with Gasteiger partial charge < -0.3 is 0 Å². The molecule has 0 aliphatic carbocycles. The van der Waals surface area contributed by atoms with Gasteiger partial charge in [-0.1, -0.05) is 35.5 Å². The molecular weight excluding hydrogens is 340 g/mol. The molecule has 0 saturated carbocycles. The number of nitrogens with zero attached hydrogens (tertiary/aromatic N) is 5. The van der Waals surface area contributed by atoms with E-state index < -0.39 is 11.6 Å². The Morgan fingerprint density at radius 1 is 1.08 bits per heavy atom. The Balaban J connectivity index is 1.85. The predicted molar refractivity (Wildman–Crippen MR) is 91.1 cm³/mol. The summed E-state index contributed by atoms with van der Waals surface area (Å²) >= 11 is 0. The number of aromatic nitrogens is 5. The third-order valence-electron chi connectivity index (χ3n) is 4.23. The Morgan fingerprint density at radius 3 is 2.58 bits per heavy atom. The normalized spacial score (nSPS) is 12.4. The van der Waals surface area contributed by atoms with E-state index in [9.17, 15) is 13.6 Å². The molecule has 0 spiro atoms. The van der Waals surface area contributed by atoms with Crippen LogP contribution in [0, 0.1) is 11.6 Å². The summed E-state index contributed by atoms with van der Waals surface area (Å²) in [7, 11) is 0. The van der Waals surface area contributed by atoms with Crippen molar-refractivity contribution in [3.8, 4) is 5.69 Å². The topological polar surface area (TPSA) is 65.6 Å². The van der Waals surface area contributed by atoms with Crippen molar-refractivity contribution < 1.29 is 8.78 Å². The maximum atomic E-state index is 14.0. The van der Waals surface area contributed by atoms with Crippen LogP contribution in [0.1, 0.15) is 18.5 Å². The number of hydrogen-bond donors (Lipinski definition) is 0. The molecule has 0 N–H and O–H groups in total. The minimum Gasteiger partial charge on any atom is -0.290 e. The highest BCUT2D eigenvalue weighted by molar-refractivity contribution is 5.70. The molecule has 6 nitrogen and oxygen atoms in total. The van der Waals surface area contributed by atoms with Gasteiger partial charge in [-0.3, -0.25) is 9.36 Å². The zero-order chi connectivity index (χ0) is 18.3. The summed E-state index contributed by atoms with van der Waals surface area (Å²) < 4.78 is 29.7. The van der Waals surface area contributed by atoms with Gasteiger partial charge in [0.1, 0.15) is 17.8 Å². The van der Waals surface area contributed by atoms with Crippen LogP contribution in [-0.2, 0) is 0 Å². The number of hydrogen-bond acceptors (Lipinski definition) is 4. The van der Waals surface area contributed by atoms with E-state index in [2.05, 4.69) is 15.3 Å². The summed E-state index contributed by atoms with van der Waals surface area (Å²) in [4.78, 5) is 17.0. The smallest absolute Gasteiger partial charge is 0.284 e. The van der Waals surface area contributed by atoms with Crippen LogP contribution in [0.5, 0.6) is 0 Å². The molecular formula is C18H13F2N5O. The number of benzene rings is 2. The van der Waals surface area contributed by atoms with Crippen LogP contribution in [0.15, 0.2) is 59.7 Å². The lowest BCUT2D eigenvalue weighted by molar-refractivity contribution is 0.572. The van der Waals surface area contributed by atoms with Crippen LogP contribution >= 0.6 is 0 Å². The monoisotopic (exact) mass is 353 g/mol. The van der Waals surface area contributed by atoms with E-state index >= 15 is 0 Å². The van der Waals surface area contributed by atoms with Crippen LogP contribution in [0.2, 0.25) is 0 Å². The van der Waals surface area contributed by atoms with Crippen molar-refractivity contribution in [1.29, 1.82) is 0 Å². The number of fused-ring (bicyclic) bond motifs is 1. The van der Waals surface area contributed by atoms with Gasteiger partial charge in [0.2, 0.25) is 0 Å². The first kappa shape index (κ1) is 16.1. The summed E-state index contributed by atoms with van der Waals surface area (Å²) in [5, 5.41) is 7.67. The minimum absolute atomic E-state index is 0.0130. The van der Waals surface area contributed by atoms with Gasteiger partial charge >= 0.3 is 0 Å². The molecule has 4 rings (SSSR count). The Morgan fingerprint density at radius 2 is 1.85 bits per heavy atom. The molecule has 1 atom stereocenters. The van der Waals surface area contributed by atoms with Gasteiger partial charge in [0.05, 0.1) is 6.04 Å². The van der Waals surface area contributed by atoms with E-state index in [1.807, 2.05) is 37.3 Å². The molecule has 2 heterocycles. The third kappa shape index (κ3) is 2.55. The van der Waals surface area contributed by atoms with Crippen molar-refractivity contribution in [2.75, 3.05) is 0 Å². The second kappa shape index (κ2) is 6.14. The summed E-state index contributed by atoms with van der Waals surface area (Å²) in [5.74, 6) is -1.52. The van der Waals surface area contributed by atoms with E-state index in [0.717, 1.165) is 22.4 Å². The van der Waals surface area contributed by atoms with Gasteiger partial charge in [0, 0.05) is 6.07 Å². The quantitative estimate of drug-likeness (QED) is 0.568. The lowest BCUT2D eigenvalue weighted by atomic mass is 10.1. The van der Waals surface area contributed by atoms with E-state index in [0.29, 0.717) is 0 Å². The first-order chi connectivity index (χ1) is 12.6.